The van der Waals surface area contributed by atoms with Crippen LogP contribution < -0.4 is 0 Å². The highest BCUT2D eigenvalue weighted by molar-refractivity contribution is 4.96. The minimum Gasteiger partial charge on any atom is -0.0596 e. The van der Waals surface area contributed by atoms with Gasteiger partial charge in [0.1, 0.15) is 0 Å². The van der Waals surface area contributed by atoms with Crippen LogP contribution in [0.3, 0.4) is 0 Å². The standard InChI is InChI=1S/C10H18/c1-9-4-3-5-10(2,8-9)7-6-9/h3-8H2,1-2H3. The van der Waals surface area contributed by atoms with Gasteiger partial charge in [0.2, 0.25) is 0 Å². The van der Waals surface area contributed by atoms with Crippen molar-refractivity contribution >= 4 is 0 Å². The first kappa shape index (κ1) is 6.69. The Balaban J connectivity index is 2.20. The van der Waals surface area contributed by atoms with Crippen LogP contribution in [0.5, 0.6) is 0 Å². The summed E-state index contributed by atoms with van der Waals surface area (Å²) in [7, 11) is 0. The van der Waals surface area contributed by atoms with Gasteiger partial charge >= 0.3 is 0 Å². The van der Waals surface area contributed by atoms with E-state index in [9.17, 15) is 0 Å². The lowest BCUT2D eigenvalue weighted by atomic mass is 9.71. The van der Waals surface area contributed by atoms with Gasteiger partial charge in [-0.05, 0) is 42.9 Å². The van der Waals surface area contributed by atoms with Crippen LogP contribution in [0.15, 0.2) is 0 Å². The number of hydrogen-bond acceptors (Lipinski definition) is 0. The van der Waals surface area contributed by atoms with E-state index in [1.807, 2.05) is 0 Å². The Morgan fingerprint density at radius 1 is 0.800 bits per heavy atom. The second-order valence-electron chi connectivity index (χ2n) is 5.15. The van der Waals surface area contributed by atoms with Crippen molar-refractivity contribution in [1.29, 1.82) is 0 Å². The molecule has 2 rings (SSSR count). The Labute approximate surface area is 64.0 Å². The van der Waals surface area contributed by atoms with Crippen molar-refractivity contribution in [3.05, 3.63) is 0 Å². The van der Waals surface area contributed by atoms with E-state index in [-0.39, 0.29) is 0 Å². The summed E-state index contributed by atoms with van der Waals surface area (Å²) in [4.78, 5) is 0. The lowest BCUT2D eigenvalue weighted by Crippen LogP contribution is -2.22. The van der Waals surface area contributed by atoms with E-state index >= 15 is 0 Å². The quantitative estimate of drug-likeness (QED) is 0.481. The van der Waals surface area contributed by atoms with Crippen molar-refractivity contribution in [2.24, 2.45) is 10.8 Å². The van der Waals surface area contributed by atoms with Crippen LogP contribution in [-0.4, -0.2) is 0 Å². The first-order valence-corrected chi connectivity index (χ1v) is 4.62. The van der Waals surface area contributed by atoms with Crippen LogP contribution in [0, 0.1) is 10.8 Å². The molecule has 0 radical (unpaired) electrons. The molecule has 0 amide bonds. The maximum Gasteiger partial charge on any atom is -0.0320 e. The molecule has 0 saturated heterocycles. The maximum atomic E-state index is 2.48. The molecule has 0 nitrogen and oxygen atoms in total. The summed E-state index contributed by atoms with van der Waals surface area (Å²) in [5.41, 5.74) is 1.51. The molecule has 2 aliphatic rings. The molecule has 10 heavy (non-hydrogen) atoms. The van der Waals surface area contributed by atoms with Crippen molar-refractivity contribution < 1.29 is 0 Å². The summed E-state index contributed by atoms with van der Waals surface area (Å²) < 4.78 is 0. The zero-order chi connectivity index (χ0) is 7.24. The third kappa shape index (κ3) is 0.889. The van der Waals surface area contributed by atoms with Crippen molar-refractivity contribution in [3.63, 3.8) is 0 Å². The average Bonchev–Trinajstić information content (AvgIpc) is 2.03. The Bertz CT molecular complexity index is 134. The Morgan fingerprint density at radius 2 is 1.30 bits per heavy atom. The largest absolute Gasteiger partial charge is 0.0596 e. The molecule has 2 bridgehead atoms. The SMILES string of the molecule is CC12CCCC(C)(CC1)C2. The van der Waals surface area contributed by atoms with E-state index < -0.39 is 0 Å². The van der Waals surface area contributed by atoms with Gasteiger partial charge in [-0.2, -0.15) is 0 Å². The Morgan fingerprint density at radius 3 is 1.70 bits per heavy atom. The molecule has 0 heterocycles. The van der Waals surface area contributed by atoms with Gasteiger partial charge in [-0.25, -0.2) is 0 Å². The molecule has 2 saturated carbocycles. The fraction of sp³-hybridized carbons (Fsp3) is 1.00. The highest BCUT2D eigenvalue weighted by Crippen LogP contribution is 2.57. The van der Waals surface area contributed by atoms with Gasteiger partial charge in [-0.15, -0.1) is 0 Å². The van der Waals surface area contributed by atoms with Gasteiger partial charge in [0.15, 0.2) is 0 Å². The molecule has 0 heteroatoms. The lowest BCUT2D eigenvalue weighted by Gasteiger charge is -2.34. The molecular formula is C10H18. The summed E-state index contributed by atoms with van der Waals surface area (Å²) in [6.07, 6.45) is 9.02. The molecule has 2 atom stereocenters. The normalized spacial score (nSPS) is 53.4. The van der Waals surface area contributed by atoms with E-state index in [1.54, 1.807) is 0 Å². The monoisotopic (exact) mass is 138 g/mol. The molecule has 58 valence electrons. The van der Waals surface area contributed by atoms with E-state index in [0.717, 1.165) is 10.8 Å². The Kier molecular flexibility index (Phi) is 1.19. The summed E-state index contributed by atoms with van der Waals surface area (Å²) in [5.74, 6) is 0. The van der Waals surface area contributed by atoms with Gasteiger partial charge in [-0.3, -0.25) is 0 Å². The molecule has 0 spiro atoms. The molecule has 0 aliphatic heterocycles. The van der Waals surface area contributed by atoms with Crippen LogP contribution in [-0.2, 0) is 0 Å². The third-order valence-corrected chi connectivity index (χ3v) is 3.75. The van der Waals surface area contributed by atoms with Crippen LogP contribution in [0.25, 0.3) is 0 Å². The Hall–Kier alpha value is 0. The second-order valence-corrected chi connectivity index (χ2v) is 5.15. The fourth-order valence-corrected chi connectivity index (χ4v) is 3.18. The summed E-state index contributed by atoms with van der Waals surface area (Å²) in [6.45, 7) is 4.97. The van der Waals surface area contributed by atoms with Crippen molar-refractivity contribution in [2.75, 3.05) is 0 Å². The zero-order valence-corrected chi connectivity index (χ0v) is 7.24. The van der Waals surface area contributed by atoms with Crippen LogP contribution in [0.4, 0.5) is 0 Å². The van der Waals surface area contributed by atoms with Gasteiger partial charge < -0.3 is 0 Å². The van der Waals surface area contributed by atoms with Crippen LogP contribution >= 0.6 is 0 Å². The molecule has 0 N–H and O–H groups in total. The van der Waals surface area contributed by atoms with Crippen molar-refractivity contribution in [1.82, 2.24) is 0 Å². The summed E-state index contributed by atoms with van der Waals surface area (Å²) in [6, 6.07) is 0. The summed E-state index contributed by atoms with van der Waals surface area (Å²) >= 11 is 0. The minimum absolute atomic E-state index is 0.757. The van der Waals surface area contributed by atoms with E-state index in [2.05, 4.69) is 13.8 Å². The van der Waals surface area contributed by atoms with E-state index in [4.69, 9.17) is 0 Å². The third-order valence-electron chi connectivity index (χ3n) is 3.75. The molecule has 2 unspecified atom stereocenters. The predicted molar refractivity (Wildman–Crippen MR) is 43.9 cm³/mol. The van der Waals surface area contributed by atoms with E-state index in [0.29, 0.717) is 0 Å². The average molecular weight is 138 g/mol. The lowest BCUT2D eigenvalue weighted by molar-refractivity contribution is 0.171. The first-order chi connectivity index (χ1) is 4.62. The number of fused-ring (bicyclic) bond motifs is 2. The fourth-order valence-electron chi connectivity index (χ4n) is 3.18. The first-order valence-electron chi connectivity index (χ1n) is 4.62. The smallest absolute Gasteiger partial charge is 0.0320 e. The summed E-state index contributed by atoms with van der Waals surface area (Å²) in [5, 5.41) is 0. The highest BCUT2D eigenvalue weighted by Gasteiger charge is 2.45. The van der Waals surface area contributed by atoms with Gasteiger partial charge in [0.05, 0.1) is 0 Å². The second kappa shape index (κ2) is 1.78. The van der Waals surface area contributed by atoms with Crippen LogP contribution in [0.1, 0.15) is 52.4 Å². The van der Waals surface area contributed by atoms with Gasteiger partial charge in [-0.1, -0.05) is 20.3 Å². The molecule has 2 aliphatic carbocycles. The molecule has 0 aromatic carbocycles. The van der Waals surface area contributed by atoms with Gasteiger partial charge in [0, 0.05) is 0 Å². The predicted octanol–water partition coefficient (Wildman–Crippen LogP) is 3.37. The van der Waals surface area contributed by atoms with E-state index in [1.165, 1.54) is 38.5 Å². The van der Waals surface area contributed by atoms with Crippen molar-refractivity contribution in [2.45, 2.75) is 52.4 Å². The molecule has 2 fully saturated rings. The number of hydrogen-bond donors (Lipinski definition) is 0. The molecule has 0 aromatic rings. The zero-order valence-electron chi connectivity index (χ0n) is 7.24. The minimum atomic E-state index is 0.757. The number of rotatable bonds is 0. The molecular weight excluding hydrogens is 120 g/mol. The van der Waals surface area contributed by atoms with Gasteiger partial charge in [0.25, 0.3) is 0 Å². The van der Waals surface area contributed by atoms with Crippen molar-refractivity contribution in [3.8, 4) is 0 Å². The van der Waals surface area contributed by atoms with Crippen LogP contribution in [0.2, 0.25) is 0 Å². The highest BCUT2D eigenvalue weighted by atomic mass is 14.5. The maximum absolute atomic E-state index is 2.48. The topological polar surface area (TPSA) is 0 Å². The molecule has 0 aromatic heterocycles.